The second-order valence-electron chi connectivity index (χ2n) is 3.99. The molecule has 2 rings (SSSR count). The maximum Gasteiger partial charge on any atom is 0.265 e. The number of hydrogen-bond donors (Lipinski definition) is 2. The number of hydrogen-bond acceptors (Lipinski definition) is 6. The maximum atomic E-state index is 12.4. The molecule has 0 unspecified atom stereocenters. The van der Waals surface area contributed by atoms with Crippen LogP contribution in [0.3, 0.4) is 0 Å². The Morgan fingerprint density at radius 1 is 1.24 bits per heavy atom. The Bertz CT molecular complexity index is 760. The molecule has 2 aromatic rings. The number of methoxy groups -OCH3 is 2. The van der Waals surface area contributed by atoms with Gasteiger partial charge in [0.1, 0.15) is 10.7 Å². The summed E-state index contributed by atoms with van der Waals surface area (Å²) < 4.78 is 37.6. The van der Waals surface area contributed by atoms with Crippen molar-refractivity contribution in [2.24, 2.45) is 0 Å². The van der Waals surface area contributed by atoms with Gasteiger partial charge in [0.2, 0.25) is 0 Å². The Labute approximate surface area is 130 Å². The summed E-state index contributed by atoms with van der Waals surface area (Å²) in [6.45, 7) is 1.66. The standard InChI is InChI=1S/C11H13BrN4O4S/c1-6-13-11(15-14-6)16-21(17,18)10-5-9(20-3)8(19-2)4-7(10)12/h4-5H,1-3H3,(H2,13,14,15,16). The van der Waals surface area contributed by atoms with E-state index in [9.17, 15) is 8.42 Å². The summed E-state index contributed by atoms with van der Waals surface area (Å²) in [4.78, 5) is 3.89. The normalized spacial score (nSPS) is 11.2. The molecule has 0 spiro atoms. The van der Waals surface area contributed by atoms with Gasteiger partial charge in [0.05, 0.1) is 14.2 Å². The largest absolute Gasteiger partial charge is 0.493 e. The van der Waals surface area contributed by atoms with Crippen LogP contribution in [0.5, 0.6) is 11.5 Å². The van der Waals surface area contributed by atoms with E-state index in [1.165, 1.54) is 26.4 Å². The number of sulfonamides is 1. The first kappa shape index (κ1) is 15.6. The molecule has 0 atom stereocenters. The minimum absolute atomic E-state index is 0.0115. The lowest BCUT2D eigenvalue weighted by atomic mass is 10.3. The summed E-state index contributed by atoms with van der Waals surface area (Å²) in [5.41, 5.74) is 0. The van der Waals surface area contributed by atoms with Crippen LogP contribution in [0.15, 0.2) is 21.5 Å². The Morgan fingerprint density at radius 2 is 1.86 bits per heavy atom. The number of benzene rings is 1. The zero-order valence-electron chi connectivity index (χ0n) is 11.5. The average Bonchev–Trinajstić information content (AvgIpc) is 2.82. The zero-order chi connectivity index (χ0) is 15.6. The van der Waals surface area contributed by atoms with Gasteiger partial charge in [-0.1, -0.05) is 0 Å². The Hall–Kier alpha value is -1.81. The predicted molar refractivity (Wildman–Crippen MR) is 79.2 cm³/mol. The SMILES string of the molecule is COc1cc(Br)c(S(=O)(=O)Nc2n[nH]c(C)n2)cc1OC. The monoisotopic (exact) mass is 376 g/mol. The molecule has 10 heteroatoms. The molecule has 0 radical (unpaired) electrons. The van der Waals surface area contributed by atoms with Crippen molar-refractivity contribution in [1.29, 1.82) is 0 Å². The van der Waals surface area contributed by atoms with E-state index in [1.54, 1.807) is 6.92 Å². The van der Waals surface area contributed by atoms with E-state index in [2.05, 4.69) is 35.8 Å². The number of aromatic nitrogens is 3. The second-order valence-corrected chi connectivity index (χ2v) is 6.49. The molecule has 1 aromatic heterocycles. The molecule has 0 amide bonds. The molecular formula is C11H13BrN4O4S. The van der Waals surface area contributed by atoms with Crippen LogP contribution in [-0.4, -0.2) is 37.8 Å². The fourth-order valence-electron chi connectivity index (χ4n) is 1.60. The van der Waals surface area contributed by atoms with Crippen molar-refractivity contribution < 1.29 is 17.9 Å². The second kappa shape index (κ2) is 5.90. The molecular weight excluding hydrogens is 364 g/mol. The van der Waals surface area contributed by atoms with Crippen molar-refractivity contribution in [3.8, 4) is 11.5 Å². The van der Waals surface area contributed by atoms with E-state index in [4.69, 9.17) is 9.47 Å². The first-order valence-electron chi connectivity index (χ1n) is 5.70. The van der Waals surface area contributed by atoms with Gasteiger partial charge in [-0.15, -0.1) is 5.10 Å². The van der Waals surface area contributed by atoms with Crippen LogP contribution in [0.2, 0.25) is 0 Å². The third-order valence-corrected chi connectivity index (χ3v) is 4.84. The van der Waals surface area contributed by atoms with Gasteiger partial charge in [-0.3, -0.25) is 5.10 Å². The minimum atomic E-state index is -3.87. The molecule has 0 saturated heterocycles. The number of anilines is 1. The first-order chi connectivity index (χ1) is 9.87. The minimum Gasteiger partial charge on any atom is -0.493 e. The Kier molecular flexibility index (Phi) is 4.37. The van der Waals surface area contributed by atoms with Crippen LogP contribution in [0.4, 0.5) is 5.95 Å². The van der Waals surface area contributed by atoms with Crippen molar-refractivity contribution in [1.82, 2.24) is 15.2 Å². The van der Waals surface area contributed by atoms with Gasteiger partial charge in [-0.05, 0) is 28.9 Å². The summed E-state index contributed by atoms with van der Waals surface area (Å²) >= 11 is 3.20. The molecule has 2 N–H and O–H groups in total. The Morgan fingerprint density at radius 3 is 2.38 bits per heavy atom. The molecule has 0 saturated carbocycles. The average molecular weight is 377 g/mol. The fraction of sp³-hybridized carbons (Fsp3) is 0.273. The van der Waals surface area contributed by atoms with Crippen molar-refractivity contribution in [2.75, 3.05) is 18.9 Å². The van der Waals surface area contributed by atoms with E-state index in [0.717, 1.165) is 0 Å². The van der Waals surface area contributed by atoms with Crippen molar-refractivity contribution >= 4 is 31.9 Å². The van der Waals surface area contributed by atoms with Gasteiger partial charge in [0, 0.05) is 10.5 Å². The third kappa shape index (κ3) is 3.27. The number of rotatable bonds is 5. The molecule has 8 nitrogen and oxygen atoms in total. The van der Waals surface area contributed by atoms with Crippen molar-refractivity contribution in [2.45, 2.75) is 11.8 Å². The van der Waals surface area contributed by atoms with Crippen LogP contribution in [0.25, 0.3) is 0 Å². The number of aromatic amines is 1. The summed E-state index contributed by atoms with van der Waals surface area (Å²) in [6, 6.07) is 2.86. The van der Waals surface area contributed by atoms with Crippen LogP contribution in [0, 0.1) is 6.92 Å². The highest BCUT2D eigenvalue weighted by Gasteiger charge is 2.22. The Balaban J connectivity index is 2.44. The van der Waals surface area contributed by atoms with Gasteiger partial charge in [-0.25, -0.2) is 13.1 Å². The maximum absolute atomic E-state index is 12.4. The number of nitrogens with one attached hydrogen (secondary N) is 2. The smallest absolute Gasteiger partial charge is 0.265 e. The van der Waals surface area contributed by atoms with Gasteiger partial charge in [0.15, 0.2) is 11.5 Å². The number of H-pyrrole nitrogens is 1. The molecule has 114 valence electrons. The van der Waals surface area contributed by atoms with Gasteiger partial charge in [-0.2, -0.15) is 4.98 Å². The lowest BCUT2D eigenvalue weighted by Crippen LogP contribution is -2.15. The lowest BCUT2D eigenvalue weighted by Gasteiger charge is -2.12. The summed E-state index contributed by atoms with van der Waals surface area (Å²) in [5.74, 6) is 1.18. The highest BCUT2D eigenvalue weighted by molar-refractivity contribution is 9.10. The molecule has 1 aromatic carbocycles. The van der Waals surface area contributed by atoms with Crippen LogP contribution < -0.4 is 14.2 Å². The molecule has 21 heavy (non-hydrogen) atoms. The molecule has 0 aliphatic heterocycles. The quantitative estimate of drug-likeness (QED) is 0.822. The van der Waals surface area contributed by atoms with Crippen LogP contribution in [0.1, 0.15) is 5.82 Å². The number of nitrogens with zero attached hydrogens (tertiary/aromatic N) is 2. The third-order valence-electron chi connectivity index (χ3n) is 2.55. The fourth-order valence-corrected chi connectivity index (χ4v) is 3.59. The van der Waals surface area contributed by atoms with Crippen molar-refractivity contribution in [3.05, 3.63) is 22.4 Å². The van der Waals surface area contributed by atoms with Gasteiger partial charge in [0.25, 0.3) is 16.0 Å². The topological polar surface area (TPSA) is 106 Å². The summed E-state index contributed by atoms with van der Waals surface area (Å²) in [6.07, 6.45) is 0. The van der Waals surface area contributed by atoms with Gasteiger partial charge >= 0.3 is 0 Å². The van der Waals surface area contributed by atoms with E-state index in [0.29, 0.717) is 21.8 Å². The number of halogens is 1. The molecule has 0 bridgehead atoms. The van der Waals surface area contributed by atoms with E-state index < -0.39 is 10.0 Å². The van der Waals surface area contributed by atoms with Crippen molar-refractivity contribution in [3.63, 3.8) is 0 Å². The number of ether oxygens (including phenoxy) is 2. The highest BCUT2D eigenvalue weighted by Crippen LogP contribution is 2.35. The first-order valence-corrected chi connectivity index (χ1v) is 7.98. The highest BCUT2D eigenvalue weighted by atomic mass is 79.9. The molecule has 1 heterocycles. The zero-order valence-corrected chi connectivity index (χ0v) is 13.9. The van der Waals surface area contributed by atoms with E-state index in [1.807, 2.05) is 0 Å². The summed E-state index contributed by atoms with van der Waals surface area (Å²) in [7, 11) is -0.975. The van der Waals surface area contributed by atoms with Gasteiger partial charge < -0.3 is 9.47 Å². The van der Waals surface area contributed by atoms with Crippen LogP contribution >= 0.6 is 15.9 Å². The lowest BCUT2D eigenvalue weighted by molar-refractivity contribution is 0.353. The molecule has 0 aliphatic carbocycles. The van der Waals surface area contributed by atoms with Crippen LogP contribution in [-0.2, 0) is 10.0 Å². The van der Waals surface area contributed by atoms with E-state index in [-0.39, 0.29) is 10.8 Å². The number of aryl methyl sites for hydroxylation is 1. The predicted octanol–water partition coefficient (Wildman–Crippen LogP) is 1.69. The summed E-state index contributed by atoms with van der Waals surface area (Å²) in [5, 5.41) is 6.29. The molecule has 0 aliphatic rings. The van der Waals surface area contributed by atoms with E-state index >= 15 is 0 Å². The molecule has 0 fully saturated rings.